The standard InChI is InChI=1S/C10H11NO/c1-9(12)7-11-8-10-5-3-2-4-6-10/h2-8,12H,1H3/b9-7-,11-8?. The molecule has 0 aliphatic rings. The molecular weight excluding hydrogens is 150 g/mol. The van der Waals surface area contributed by atoms with Crippen LogP contribution in [0.2, 0.25) is 0 Å². The summed E-state index contributed by atoms with van der Waals surface area (Å²) in [5, 5.41) is 8.78. The third kappa shape index (κ3) is 3.01. The minimum atomic E-state index is 0.210. The fourth-order valence-corrected chi connectivity index (χ4v) is 0.770. The van der Waals surface area contributed by atoms with Crippen LogP contribution in [0.3, 0.4) is 0 Å². The quantitative estimate of drug-likeness (QED) is 0.524. The molecule has 0 heterocycles. The van der Waals surface area contributed by atoms with E-state index in [2.05, 4.69) is 4.99 Å². The van der Waals surface area contributed by atoms with E-state index in [1.807, 2.05) is 30.3 Å². The Labute approximate surface area is 71.9 Å². The van der Waals surface area contributed by atoms with E-state index in [0.29, 0.717) is 0 Å². The summed E-state index contributed by atoms with van der Waals surface area (Å²) in [6.07, 6.45) is 3.10. The van der Waals surface area contributed by atoms with Gasteiger partial charge in [-0.15, -0.1) is 0 Å². The van der Waals surface area contributed by atoms with Gasteiger partial charge in [0.25, 0.3) is 0 Å². The van der Waals surface area contributed by atoms with Crippen molar-refractivity contribution in [3.63, 3.8) is 0 Å². The van der Waals surface area contributed by atoms with Crippen LogP contribution in [-0.4, -0.2) is 11.3 Å². The molecule has 0 radical (unpaired) electrons. The maximum absolute atomic E-state index is 8.78. The van der Waals surface area contributed by atoms with E-state index < -0.39 is 0 Å². The highest BCUT2D eigenvalue weighted by Gasteiger charge is 1.81. The molecule has 2 nitrogen and oxygen atoms in total. The van der Waals surface area contributed by atoms with E-state index in [9.17, 15) is 0 Å². The Morgan fingerprint density at radius 2 is 2.00 bits per heavy atom. The van der Waals surface area contributed by atoms with Gasteiger partial charge in [-0.05, 0) is 12.5 Å². The fraction of sp³-hybridized carbons (Fsp3) is 0.100. The average molecular weight is 161 g/mol. The second-order valence-electron chi connectivity index (χ2n) is 2.46. The number of aliphatic hydroxyl groups excluding tert-OH is 1. The molecule has 0 aliphatic heterocycles. The molecule has 0 fully saturated rings. The maximum atomic E-state index is 8.78. The van der Waals surface area contributed by atoms with Gasteiger partial charge in [0.1, 0.15) is 5.76 Å². The highest BCUT2D eigenvalue weighted by Crippen LogP contribution is 1.94. The molecular formula is C10H11NO. The molecule has 2 heteroatoms. The number of rotatable bonds is 2. The molecule has 1 N–H and O–H groups in total. The van der Waals surface area contributed by atoms with Crippen LogP contribution >= 0.6 is 0 Å². The lowest BCUT2D eigenvalue weighted by atomic mass is 10.2. The van der Waals surface area contributed by atoms with Gasteiger partial charge in [-0.3, -0.25) is 4.99 Å². The van der Waals surface area contributed by atoms with Crippen molar-refractivity contribution in [1.82, 2.24) is 0 Å². The second kappa shape index (κ2) is 4.34. The van der Waals surface area contributed by atoms with E-state index in [4.69, 9.17) is 5.11 Å². The number of aliphatic imine (C=N–C) groups is 1. The van der Waals surface area contributed by atoms with Gasteiger partial charge in [-0.1, -0.05) is 30.3 Å². The number of nitrogens with zero attached hydrogens (tertiary/aromatic N) is 1. The molecule has 0 spiro atoms. The zero-order valence-corrected chi connectivity index (χ0v) is 6.94. The highest BCUT2D eigenvalue weighted by atomic mass is 16.3. The van der Waals surface area contributed by atoms with Crippen molar-refractivity contribution >= 4 is 6.21 Å². The molecule has 1 rings (SSSR count). The summed E-state index contributed by atoms with van der Waals surface area (Å²) < 4.78 is 0. The van der Waals surface area contributed by atoms with Crippen molar-refractivity contribution in [2.24, 2.45) is 4.99 Å². The predicted octanol–water partition coefficient (Wildman–Crippen LogP) is 2.52. The lowest BCUT2D eigenvalue weighted by molar-refractivity contribution is 0.412. The van der Waals surface area contributed by atoms with Crippen LogP contribution in [0.15, 0.2) is 47.3 Å². The van der Waals surface area contributed by atoms with Crippen LogP contribution < -0.4 is 0 Å². The van der Waals surface area contributed by atoms with Gasteiger partial charge < -0.3 is 5.11 Å². The second-order valence-corrected chi connectivity index (χ2v) is 2.46. The third-order valence-electron chi connectivity index (χ3n) is 1.28. The van der Waals surface area contributed by atoms with Gasteiger partial charge in [0.15, 0.2) is 0 Å². The predicted molar refractivity (Wildman–Crippen MR) is 50.4 cm³/mol. The number of hydrogen-bond acceptors (Lipinski definition) is 2. The summed E-state index contributed by atoms with van der Waals surface area (Å²) in [5.41, 5.74) is 1.02. The first kappa shape index (κ1) is 8.53. The topological polar surface area (TPSA) is 32.6 Å². The zero-order valence-electron chi connectivity index (χ0n) is 6.94. The average Bonchev–Trinajstić information content (AvgIpc) is 2.05. The molecule has 0 saturated heterocycles. The molecule has 1 aromatic carbocycles. The van der Waals surface area contributed by atoms with Crippen molar-refractivity contribution in [1.29, 1.82) is 0 Å². The Morgan fingerprint density at radius 1 is 1.33 bits per heavy atom. The Morgan fingerprint density at radius 3 is 2.58 bits per heavy atom. The van der Waals surface area contributed by atoms with Gasteiger partial charge in [0.2, 0.25) is 0 Å². The molecule has 0 bridgehead atoms. The van der Waals surface area contributed by atoms with Crippen LogP contribution in [0.4, 0.5) is 0 Å². The summed E-state index contributed by atoms with van der Waals surface area (Å²) >= 11 is 0. The Balaban J connectivity index is 2.64. The summed E-state index contributed by atoms with van der Waals surface area (Å²) in [5.74, 6) is 0.210. The first-order valence-corrected chi connectivity index (χ1v) is 3.73. The van der Waals surface area contributed by atoms with Gasteiger partial charge in [0.05, 0.1) is 6.20 Å². The molecule has 0 aromatic heterocycles. The first-order valence-electron chi connectivity index (χ1n) is 3.73. The number of benzene rings is 1. The Hall–Kier alpha value is -1.57. The summed E-state index contributed by atoms with van der Waals surface area (Å²) in [6, 6.07) is 9.73. The summed E-state index contributed by atoms with van der Waals surface area (Å²) in [6.45, 7) is 1.59. The normalized spacial score (nSPS) is 12.2. The SMILES string of the molecule is C/C(O)=C/N=Cc1ccccc1. The zero-order chi connectivity index (χ0) is 8.81. The largest absolute Gasteiger partial charge is 0.511 e. The maximum Gasteiger partial charge on any atom is 0.107 e. The summed E-state index contributed by atoms with van der Waals surface area (Å²) in [7, 11) is 0. The summed E-state index contributed by atoms with van der Waals surface area (Å²) in [4.78, 5) is 3.90. The van der Waals surface area contributed by atoms with E-state index in [0.717, 1.165) is 5.56 Å². The fourth-order valence-electron chi connectivity index (χ4n) is 0.770. The number of hydrogen-bond donors (Lipinski definition) is 1. The molecule has 12 heavy (non-hydrogen) atoms. The van der Waals surface area contributed by atoms with Gasteiger partial charge in [-0.2, -0.15) is 0 Å². The van der Waals surface area contributed by atoms with Crippen LogP contribution in [-0.2, 0) is 0 Å². The molecule has 1 aromatic rings. The van der Waals surface area contributed by atoms with Crippen LogP contribution in [0.5, 0.6) is 0 Å². The molecule has 0 unspecified atom stereocenters. The molecule has 0 aliphatic carbocycles. The van der Waals surface area contributed by atoms with Gasteiger partial charge in [0, 0.05) is 6.21 Å². The van der Waals surface area contributed by atoms with Crippen molar-refractivity contribution in [3.8, 4) is 0 Å². The molecule has 0 amide bonds. The van der Waals surface area contributed by atoms with Crippen LogP contribution in [0, 0.1) is 0 Å². The van der Waals surface area contributed by atoms with Gasteiger partial charge >= 0.3 is 0 Å². The van der Waals surface area contributed by atoms with E-state index in [1.165, 1.54) is 6.20 Å². The van der Waals surface area contributed by atoms with Crippen LogP contribution in [0.25, 0.3) is 0 Å². The lowest BCUT2D eigenvalue weighted by Gasteiger charge is -1.88. The van der Waals surface area contributed by atoms with E-state index in [-0.39, 0.29) is 5.76 Å². The Kier molecular flexibility index (Phi) is 3.08. The smallest absolute Gasteiger partial charge is 0.107 e. The van der Waals surface area contributed by atoms with Crippen molar-refractivity contribution in [2.45, 2.75) is 6.92 Å². The minimum Gasteiger partial charge on any atom is -0.511 e. The molecule has 0 saturated carbocycles. The van der Waals surface area contributed by atoms with Crippen molar-refractivity contribution in [3.05, 3.63) is 47.9 Å². The molecule has 62 valence electrons. The van der Waals surface area contributed by atoms with E-state index >= 15 is 0 Å². The number of allylic oxidation sites excluding steroid dienone is 1. The third-order valence-corrected chi connectivity index (χ3v) is 1.28. The van der Waals surface area contributed by atoms with Gasteiger partial charge in [-0.25, -0.2) is 0 Å². The Bertz CT molecular complexity index is 284. The monoisotopic (exact) mass is 161 g/mol. The lowest BCUT2D eigenvalue weighted by Crippen LogP contribution is -1.77. The van der Waals surface area contributed by atoms with Crippen molar-refractivity contribution < 1.29 is 5.11 Å². The highest BCUT2D eigenvalue weighted by molar-refractivity contribution is 5.79. The minimum absolute atomic E-state index is 0.210. The van der Waals surface area contributed by atoms with Crippen molar-refractivity contribution in [2.75, 3.05) is 0 Å². The first-order chi connectivity index (χ1) is 5.79. The molecule has 0 atom stereocenters. The van der Waals surface area contributed by atoms with E-state index in [1.54, 1.807) is 13.1 Å². The number of aliphatic hydroxyl groups is 1. The van der Waals surface area contributed by atoms with Crippen LogP contribution in [0.1, 0.15) is 12.5 Å².